The lowest BCUT2D eigenvalue weighted by Crippen LogP contribution is -2.15. The maximum Gasteiger partial charge on any atom is 0.123 e. The van der Waals surface area contributed by atoms with E-state index in [2.05, 4.69) is 98.7 Å². The molecule has 0 saturated carbocycles. The Bertz CT molecular complexity index is 914. The van der Waals surface area contributed by atoms with Gasteiger partial charge in [-0.25, -0.2) is 0 Å². The molecule has 2 heteroatoms. The molecule has 0 heterocycles. The van der Waals surface area contributed by atoms with Crippen molar-refractivity contribution in [2.45, 2.75) is 118 Å². The Balaban J connectivity index is 2.60. The van der Waals surface area contributed by atoms with Crippen LogP contribution in [0.25, 0.3) is 0 Å². The van der Waals surface area contributed by atoms with Crippen molar-refractivity contribution in [1.29, 1.82) is 0 Å². The molecule has 0 atom stereocenters. The first-order chi connectivity index (χ1) is 15.8. The summed E-state index contributed by atoms with van der Waals surface area (Å²) in [6.07, 6.45) is 11.2. The molecule has 2 N–H and O–H groups in total. The molecule has 2 aromatic carbocycles. The molecule has 0 aliphatic carbocycles. The van der Waals surface area contributed by atoms with Crippen molar-refractivity contribution in [2.24, 2.45) is 0 Å². The maximum absolute atomic E-state index is 11.5. The molecule has 0 saturated heterocycles. The van der Waals surface area contributed by atoms with Crippen LogP contribution in [0, 0.1) is 13.8 Å². The van der Waals surface area contributed by atoms with Gasteiger partial charge in [0.2, 0.25) is 0 Å². The third-order valence-corrected chi connectivity index (χ3v) is 6.70. The Morgan fingerprint density at radius 3 is 1.56 bits per heavy atom. The predicted molar refractivity (Wildman–Crippen MR) is 147 cm³/mol. The van der Waals surface area contributed by atoms with Crippen molar-refractivity contribution in [3.8, 4) is 11.5 Å². The zero-order valence-corrected chi connectivity index (χ0v) is 23.2. The van der Waals surface area contributed by atoms with E-state index in [1.165, 1.54) is 19.3 Å². The Morgan fingerprint density at radius 2 is 1.15 bits per heavy atom. The van der Waals surface area contributed by atoms with E-state index in [-0.39, 0.29) is 16.7 Å². The van der Waals surface area contributed by atoms with Crippen molar-refractivity contribution in [2.75, 3.05) is 0 Å². The molecule has 0 radical (unpaired) electrons. The quantitative estimate of drug-likeness (QED) is 0.286. The molecule has 34 heavy (non-hydrogen) atoms. The molecule has 0 amide bonds. The van der Waals surface area contributed by atoms with Gasteiger partial charge in [0.05, 0.1) is 0 Å². The lowest BCUT2D eigenvalue weighted by molar-refractivity contribution is 0.425. The standard InChI is InChI=1S/C32H48O2/c1-10-11-12-13-14-15-16-17-24(25-18-22(2)20-27(29(25)33)31(4,5)6)26-19-23(3)21-28(30(26)34)32(7,8)9/h14-15,18-21,24,33-34H,10-13,16-17H2,1-9H3. The topological polar surface area (TPSA) is 40.5 Å². The van der Waals surface area contributed by atoms with Crippen molar-refractivity contribution in [3.63, 3.8) is 0 Å². The Kier molecular flexibility index (Phi) is 9.45. The lowest BCUT2D eigenvalue weighted by Gasteiger charge is -2.29. The molecular formula is C32H48O2. The molecule has 2 nitrogen and oxygen atoms in total. The number of aryl methyl sites for hydroxylation is 2. The Morgan fingerprint density at radius 1 is 0.706 bits per heavy atom. The monoisotopic (exact) mass is 464 g/mol. The van der Waals surface area contributed by atoms with Gasteiger partial charge in [-0.1, -0.05) is 109 Å². The fourth-order valence-corrected chi connectivity index (χ4v) is 4.78. The SMILES string of the molecule is CCCCCC=CCCC(c1cc(C)cc(C(C)(C)C)c1O)c1cc(C)cc(C(C)(C)C)c1O. The maximum atomic E-state index is 11.5. The fraction of sp³-hybridized carbons (Fsp3) is 0.562. The molecule has 0 aliphatic heterocycles. The largest absolute Gasteiger partial charge is 0.507 e. The Hall–Kier alpha value is -2.22. The van der Waals surface area contributed by atoms with Crippen molar-refractivity contribution >= 4 is 0 Å². The summed E-state index contributed by atoms with van der Waals surface area (Å²) in [7, 11) is 0. The lowest BCUT2D eigenvalue weighted by atomic mass is 9.77. The number of rotatable bonds is 9. The number of unbranched alkanes of at least 4 members (excludes halogenated alkanes) is 3. The second kappa shape index (κ2) is 11.5. The van der Waals surface area contributed by atoms with Crippen LogP contribution in [0.2, 0.25) is 0 Å². The summed E-state index contributed by atoms with van der Waals surface area (Å²) in [5, 5.41) is 22.9. The average molecular weight is 465 g/mol. The molecular weight excluding hydrogens is 416 g/mol. The molecule has 0 aromatic heterocycles. The van der Waals surface area contributed by atoms with Gasteiger partial charge in [0, 0.05) is 17.0 Å². The van der Waals surface area contributed by atoms with Crippen LogP contribution in [0.3, 0.4) is 0 Å². The van der Waals surface area contributed by atoms with E-state index in [9.17, 15) is 10.2 Å². The molecule has 0 bridgehead atoms. The second-order valence-electron chi connectivity index (χ2n) is 12.1. The molecule has 2 rings (SSSR count). The first-order valence-corrected chi connectivity index (χ1v) is 13.1. The third-order valence-electron chi connectivity index (χ3n) is 6.70. The van der Waals surface area contributed by atoms with Crippen LogP contribution in [0.1, 0.15) is 126 Å². The van der Waals surface area contributed by atoms with Gasteiger partial charge in [0.25, 0.3) is 0 Å². The minimum Gasteiger partial charge on any atom is -0.507 e. The fourth-order valence-electron chi connectivity index (χ4n) is 4.78. The van der Waals surface area contributed by atoms with Gasteiger partial charge >= 0.3 is 0 Å². The minimum atomic E-state index is -0.167. The van der Waals surface area contributed by atoms with Crippen LogP contribution < -0.4 is 0 Å². The summed E-state index contributed by atoms with van der Waals surface area (Å²) in [5.74, 6) is 0.656. The van der Waals surface area contributed by atoms with Crippen molar-refractivity contribution < 1.29 is 10.2 Å². The highest BCUT2D eigenvalue weighted by Gasteiger charge is 2.29. The third kappa shape index (κ3) is 7.14. The number of allylic oxidation sites excluding steroid dienone is 2. The highest BCUT2D eigenvalue weighted by atomic mass is 16.3. The summed E-state index contributed by atoms with van der Waals surface area (Å²) in [4.78, 5) is 0. The number of aromatic hydroxyl groups is 2. The van der Waals surface area contributed by atoms with E-state index in [4.69, 9.17) is 0 Å². The van der Waals surface area contributed by atoms with Crippen LogP contribution in [-0.2, 0) is 10.8 Å². The van der Waals surface area contributed by atoms with Crippen LogP contribution in [-0.4, -0.2) is 10.2 Å². The summed E-state index contributed by atoms with van der Waals surface area (Å²) < 4.78 is 0. The zero-order chi connectivity index (χ0) is 25.7. The average Bonchev–Trinajstić information content (AvgIpc) is 2.72. The number of hydrogen-bond donors (Lipinski definition) is 2. The number of phenols is 2. The summed E-state index contributed by atoms with van der Waals surface area (Å²) >= 11 is 0. The molecule has 0 aliphatic rings. The number of benzene rings is 2. The van der Waals surface area contributed by atoms with Gasteiger partial charge < -0.3 is 10.2 Å². The molecule has 0 unspecified atom stereocenters. The predicted octanol–water partition coefficient (Wildman–Crippen LogP) is 9.36. The van der Waals surface area contributed by atoms with Gasteiger partial charge in [-0.3, -0.25) is 0 Å². The molecule has 0 fully saturated rings. The van der Waals surface area contributed by atoms with E-state index in [1.54, 1.807) is 0 Å². The second-order valence-corrected chi connectivity index (χ2v) is 12.1. The van der Waals surface area contributed by atoms with E-state index < -0.39 is 0 Å². The van der Waals surface area contributed by atoms with Crippen molar-refractivity contribution in [3.05, 3.63) is 69.8 Å². The number of phenolic OH excluding ortho intramolecular Hbond substituents is 2. The highest BCUT2D eigenvalue weighted by molar-refractivity contribution is 5.56. The summed E-state index contributed by atoms with van der Waals surface area (Å²) in [6, 6.07) is 8.41. The van der Waals surface area contributed by atoms with E-state index in [1.807, 2.05) is 0 Å². The van der Waals surface area contributed by atoms with Gasteiger partial charge in [0.1, 0.15) is 11.5 Å². The van der Waals surface area contributed by atoms with Crippen LogP contribution in [0.15, 0.2) is 36.4 Å². The normalized spacial score (nSPS) is 12.8. The van der Waals surface area contributed by atoms with Gasteiger partial charge in [-0.2, -0.15) is 0 Å². The smallest absolute Gasteiger partial charge is 0.123 e. The van der Waals surface area contributed by atoms with E-state index in [0.29, 0.717) is 11.5 Å². The minimum absolute atomic E-state index is 0.0812. The van der Waals surface area contributed by atoms with E-state index in [0.717, 1.165) is 52.6 Å². The first kappa shape index (κ1) is 28.0. The summed E-state index contributed by atoms with van der Waals surface area (Å²) in [6.45, 7) is 19.3. The van der Waals surface area contributed by atoms with E-state index >= 15 is 0 Å². The van der Waals surface area contributed by atoms with Crippen molar-refractivity contribution in [1.82, 2.24) is 0 Å². The van der Waals surface area contributed by atoms with Crippen LogP contribution in [0.4, 0.5) is 0 Å². The van der Waals surface area contributed by atoms with Gasteiger partial charge in [0.15, 0.2) is 0 Å². The Labute approximate surface area is 209 Å². The molecule has 0 spiro atoms. The van der Waals surface area contributed by atoms with Crippen LogP contribution >= 0.6 is 0 Å². The molecule has 188 valence electrons. The highest BCUT2D eigenvalue weighted by Crippen LogP contribution is 2.46. The van der Waals surface area contributed by atoms with Gasteiger partial charge in [-0.05, 0) is 61.5 Å². The number of hydrogen-bond acceptors (Lipinski definition) is 2. The first-order valence-electron chi connectivity index (χ1n) is 13.1. The van der Waals surface area contributed by atoms with Gasteiger partial charge in [-0.15, -0.1) is 0 Å². The summed E-state index contributed by atoms with van der Waals surface area (Å²) in [5.41, 5.74) is 5.72. The van der Waals surface area contributed by atoms with Crippen LogP contribution in [0.5, 0.6) is 11.5 Å². The zero-order valence-electron chi connectivity index (χ0n) is 23.2. The molecule has 2 aromatic rings.